The van der Waals surface area contributed by atoms with Gasteiger partial charge in [0.15, 0.2) is 0 Å². The zero-order valence-electron chi connectivity index (χ0n) is 20.8. The number of anilines is 1. The van der Waals surface area contributed by atoms with Gasteiger partial charge in [-0.15, -0.1) is 0 Å². The van der Waals surface area contributed by atoms with Crippen LogP contribution in [0.15, 0.2) is 36.8 Å². The van der Waals surface area contributed by atoms with Crippen LogP contribution in [0.1, 0.15) is 62.0 Å². The van der Waals surface area contributed by atoms with Gasteiger partial charge in [-0.2, -0.15) is 5.10 Å². The number of pyridine rings is 1. The summed E-state index contributed by atoms with van der Waals surface area (Å²) in [6.07, 6.45) is 10.3. The minimum absolute atomic E-state index is 0.0246. The van der Waals surface area contributed by atoms with Gasteiger partial charge in [-0.3, -0.25) is 14.4 Å². The molecule has 0 spiro atoms. The average Bonchev–Trinajstić information content (AvgIpc) is 3.44. The Morgan fingerprint density at radius 2 is 1.92 bits per heavy atom. The summed E-state index contributed by atoms with van der Waals surface area (Å²) >= 11 is 6.71. The van der Waals surface area contributed by atoms with Crippen LogP contribution in [-0.4, -0.2) is 50.9 Å². The second-order valence-corrected chi connectivity index (χ2v) is 11.3. The van der Waals surface area contributed by atoms with E-state index in [-0.39, 0.29) is 17.7 Å². The molecule has 0 unspecified atom stereocenters. The average molecular weight is 510 g/mol. The number of hydrogen-bond acceptors (Lipinski definition) is 4. The molecule has 3 fully saturated rings. The van der Waals surface area contributed by atoms with Gasteiger partial charge < -0.3 is 5.32 Å². The van der Waals surface area contributed by atoms with Crippen molar-refractivity contribution in [2.24, 2.45) is 18.9 Å². The van der Waals surface area contributed by atoms with Gasteiger partial charge in [0.2, 0.25) is 5.91 Å². The minimum Gasteiger partial charge on any atom is -0.310 e. The summed E-state index contributed by atoms with van der Waals surface area (Å²) < 4.78 is 15.1. The number of halogens is 2. The van der Waals surface area contributed by atoms with E-state index in [0.29, 0.717) is 36.8 Å². The molecule has 2 saturated carbocycles. The van der Waals surface area contributed by atoms with E-state index in [2.05, 4.69) is 33.3 Å². The fraction of sp³-hybridized carbons (Fsp3) is 0.536. The molecule has 1 N–H and O–H groups in total. The zero-order chi connectivity index (χ0) is 25.0. The van der Waals surface area contributed by atoms with Crippen LogP contribution in [0.5, 0.6) is 0 Å². The highest BCUT2D eigenvalue weighted by atomic mass is 35.5. The molecule has 3 heterocycles. The van der Waals surface area contributed by atoms with Crippen LogP contribution in [0.25, 0.3) is 10.8 Å². The first-order valence-corrected chi connectivity index (χ1v) is 13.6. The number of carbonyl (C=O) groups excluding carboxylic acids is 1. The van der Waals surface area contributed by atoms with E-state index in [1.165, 1.54) is 5.56 Å². The Morgan fingerprint density at radius 3 is 2.58 bits per heavy atom. The number of carbonyl (C=O) groups is 1. The van der Waals surface area contributed by atoms with Crippen molar-refractivity contribution in [1.29, 1.82) is 0 Å². The van der Waals surface area contributed by atoms with Gasteiger partial charge in [-0.05, 0) is 72.2 Å². The molecule has 2 aromatic heterocycles. The van der Waals surface area contributed by atoms with Crippen LogP contribution in [-0.2, 0) is 11.8 Å². The Morgan fingerprint density at radius 1 is 1.14 bits per heavy atom. The lowest BCUT2D eigenvalue weighted by atomic mass is 9.80. The molecule has 0 radical (unpaired) electrons. The molecule has 190 valence electrons. The SMILES string of the molecule is CC[C@@H]1[C@@H](C(=O)Nc2cc3cc(C4CCC(N5CC(F)C5)CC4)c(Cl)cc3cn2)[C@@H]1c1cnn(C)c1. The third kappa shape index (κ3) is 4.41. The Labute approximate surface area is 216 Å². The van der Waals surface area contributed by atoms with Crippen molar-refractivity contribution in [3.05, 3.63) is 52.9 Å². The predicted octanol–water partition coefficient (Wildman–Crippen LogP) is 5.68. The molecule has 1 aliphatic heterocycles. The first-order chi connectivity index (χ1) is 17.4. The number of nitrogens with one attached hydrogen (secondary N) is 1. The van der Waals surface area contributed by atoms with Crippen LogP contribution < -0.4 is 5.32 Å². The summed E-state index contributed by atoms with van der Waals surface area (Å²) in [7, 11) is 1.90. The number of hydrogen-bond donors (Lipinski definition) is 1. The maximum Gasteiger partial charge on any atom is 0.229 e. The van der Waals surface area contributed by atoms with E-state index in [9.17, 15) is 9.18 Å². The quantitative estimate of drug-likeness (QED) is 0.464. The number of rotatable bonds is 6. The maximum absolute atomic E-state index is 13.3. The first-order valence-electron chi connectivity index (χ1n) is 13.2. The van der Waals surface area contributed by atoms with E-state index in [4.69, 9.17) is 11.6 Å². The van der Waals surface area contributed by atoms with Gasteiger partial charge in [-0.25, -0.2) is 9.37 Å². The molecule has 6 rings (SSSR count). The molecule has 3 atom stereocenters. The molecule has 6 nitrogen and oxygen atoms in total. The van der Waals surface area contributed by atoms with Crippen molar-refractivity contribution >= 4 is 34.1 Å². The number of nitrogens with zero attached hydrogens (tertiary/aromatic N) is 4. The van der Waals surface area contributed by atoms with Gasteiger partial charge in [0.1, 0.15) is 12.0 Å². The number of amides is 1. The standard InChI is InChI=1S/C28H33ClFN5O/c1-3-22-26(19-12-32-34(2)13-19)27(22)28(36)33-25-10-17-8-23(24(29)9-18(17)11-31-25)16-4-6-21(7-5-16)35-14-20(30)15-35/h8-13,16,20-22,26-27H,3-7,14-15H2,1-2H3,(H,31,33,36)/t16?,21?,22-,26+,27+/m0/s1. The van der Waals surface area contributed by atoms with Crippen LogP contribution in [0.2, 0.25) is 5.02 Å². The summed E-state index contributed by atoms with van der Waals surface area (Å²) in [4.78, 5) is 19.9. The number of alkyl halides is 1. The summed E-state index contributed by atoms with van der Waals surface area (Å²) in [5, 5.41) is 10.1. The lowest BCUT2D eigenvalue weighted by molar-refractivity contribution is -0.117. The van der Waals surface area contributed by atoms with Gasteiger partial charge >= 0.3 is 0 Å². The zero-order valence-corrected chi connectivity index (χ0v) is 21.6. The summed E-state index contributed by atoms with van der Waals surface area (Å²) in [6, 6.07) is 6.63. The third-order valence-corrected chi connectivity index (χ3v) is 8.99. The molecule has 3 aliphatic rings. The number of fused-ring (bicyclic) bond motifs is 1. The predicted molar refractivity (Wildman–Crippen MR) is 140 cm³/mol. The van der Waals surface area contributed by atoms with Gasteiger partial charge in [0.25, 0.3) is 0 Å². The van der Waals surface area contributed by atoms with Crippen molar-refractivity contribution in [1.82, 2.24) is 19.7 Å². The van der Waals surface area contributed by atoms with Crippen LogP contribution in [0, 0.1) is 11.8 Å². The summed E-state index contributed by atoms with van der Waals surface area (Å²) in [6.45, 7) is 3.32. The molecule has 36 heavy (non-hydrogen) atoms. The molecule has 1 aromatic carbocycles. The topological polar surface area (TPSA) is 63.1 Å². The van der Waals surface area contributed by atoms with Crippen LogP contribution in [0.3, 0.4) is 0 Å². The smallest absolute Gasteiger partial charge is 0.229 e. The Balaban J connectivity index is 1.16. The highest BCUT2D eigenvalue weighted by Gasteiger charge is 2.54. The second-order valence-electron chi connectivity index (χ2n) is 10.9. The maximum atomic E-state index is 13.3. The van der Waals surface area contributed by atoms with E-state index >= 15 is 0 Å². The molecule has 0 bridgehead atoms. The van der Waals surface area contributed by atoms with Crippen molar-refractivity contribution in [3.63, 3.8) is 0 Å². The van der Waals surface area contributed by atoms with Crippen molar-refractivity contribution in [3.8, 4) is 0 Å². The highest BCUT2D eigenvalue weighted by molar-refractivity contribution is 6.32. The van der Waals surface area contributed by atoms with E-state index in [0.717, 1.165) is 53.5 Å². The highest BCUT2D eigenvalue weighted by Crippen LogP contribution is 2.56. The Hall–Kier alpha value is -2.51. The van der Waals surface area contributed by atoms with Crippen molar-refractivity contribution < 1.29 is 9.18 Å². The molecule has 1 amide bonds. The number of aromatic nitrogens is 3. The Bertz CT molecular complexity index is 1280. The molecule has 1 saturated heterocycles. The van der Waals surface area contributed by atoms with Gasteiger partial charge in [-0.1, -0.05) is 24.9 Å². The van der Waals surface area contributed by atoms with Gasteiger partial charge in [0.05, 0.1) is 6.20 Å². The van der Waals surface area contributed by atoms with Crippen LogP contribution in [0.4, 0.5) is 10.2 Å². The lowest BCUT2D eigenvalue weighted by Crippen LogP contribution is -2.54. The Kier molecular flexibility index (Phi) is 6.24. The molecular formula is C28H33ClFN5O. The largest absolute Gasteiger partial charge is 0.310 e. The number of likely N-dealkylation sites (tertiary alicyclic amines) is 1. The first kappa shape index (κ1) is 23.9. The molecule has 3 aromatic rings. The molecule has 8 heteroatoms. The second kappa shape index (κ2) is 9.42. The summed E-state index contributed by atoms with van der Waals surface area (Å²) in [5.74, 6) is 1.51. The molecule has 2 aliphatic carbocycles. The van der Waals surface area contributed by atoms with E-state index in [1.807, 2.05) is 31.6 Å². The minimum atomic E-state index is -0.644. The normalized spacial score (nSPS) is 28.7. The molecular weight excluding hydrogens is 477 g/mol. The van der Waals surface area contributed by atoms with Crippen molar-refractivity contribution in [2.75, 3.05) is 18.4 Å². The van der Waals surface area contributed by atoms with E-state index in [1.54, 1.807) is 10.9 Å². The van der Waals surface area contributed by atoms with Crippen LogP contribution >= 0.6 is 11.6 Å². The monoisotopic (exact) mass is 509 g/mol. The third-order valence-electron chi connectivity index (χ3n) is 8.66. The fourth-order valence-corrected chi connectivity index (χ4v) is 6.91. The van der Waals surface area contributed by atoms with Crippen molar-refractivity contribution in [2.45, 2.75) is 63.1 Å². The van der Waals surface area contributed by atoms with Gasteiger partial charge in [0, 0.05) is 60.8 Å². The summed E-state index contributed by atoms with van der Waals surface area (Å²) in [5.41, 5.74) is 2.30. The fourth-order valence-electron chi connectivity index (χ4n) is 6.59. The number of aryl methyl sites for hydroxylation is 1. The van der Waals surface area contributed by atoms with E-state index < -0.39 is 6.17 Å². The lowest BCUT2D eigenvalue weighted by Gasteiger charge is -2.43. The number of benzene rings is 1.